The number of aromatic amines is 1. The summed E-state index contributed by atoms with van der Waals surface area (Å²) in [5.74, 6) is 1.17. The second-order valence-corrected chi connectivity index (χ2v) is 11.8. The highest BCUT2D eigenvalue weighted by molar-refractivity contribution is 5.83. The van der Waals surface area contributed by atoms with Crippen LogP contribution in [-0.4, -0.2) is 64.6 Å². The summed E-state index contributed by atoms with van der Waals surface area (Å²) in [6.45, 7) is 5.07. The summed E-state index contributed by atoms with van der Waals surface area (Å²) in [4.78, 5) is 21.0. The van der Waals surface area contributed by atoms with Gasteiger partial charge in [-0.3, -0.25) is 9.69 Å². The molecule has 1 unspecified atom stereocenters. The Bertz CT molecular complexity index is 1180. The van der Waals surface area contributed by atoms with Crippen molar-refractivity contribution in [3.8, 4) is 0 Å². The summed E-state index contributed by atoms with van der Waals surface area (Å²) in [6, 6.07) is 19.2. The molecule has 2 N–H and O–H groups in total. The molecule has 2 aliphatic heterocycles. The Morgan fingerprint density at radius 3 is 2.41 bits per heavy atom. The zero-order chi connectivity index (χ0) is 25.2. The molecule has 196 valence electrons. The summed E-state index contributed by atoms with van der Waals surface area (Å²) in [5, 5.41) is 11.7. The number of carbonyl (C=O) groups is 1. The number of benzene rings is 2. The van der Waals surface area contributed by atoms with Crippen LogP contribution in [0.4, 0.5) is 0 Å². The number of aliphatic carboxylic acids is 1. The molecule has 0 amide bonds. The quantitative estimate of drug-likeness (QED) is 0.413. The minimum atomic E-state index is -0.612. The van der Waals surface area contributed by atoms with E-state index >= 15 is 0 Å². The molecule has 3 atom stereocenters. The van der Waals surface area contributed by atoms with E-state index in [0.717, 1.165) is 45.6 Å². The average molecular weight is 500 g/mol. The van der Waals surface area contributed by atoms with Gasteiger partial charge in [-0.05, 0) is 73.7 Å². The fourth-order valence-electron chi connectivity index (χ4n) is 7.69. The molecule has 0 radical (unpaired) electrons. The Morgan fingerprint density at radius 1 is 0.919 bits per heavy atom. The number of piperidine rings is 1. The molecular formula is C32H41N3O2. The van der Waals surface area contributed by atoms with E-state index in [1.165, 1.54) is 54.1 Å². The number of carboxylic acids is 1. The Labute approximate surface area is 220 Å². The van der Waals surface area contributed by atoms with Crippen LogP contribution in [0.25, 0.3) is 10.9 Å². The van der Waals surface area contributed by atoms with Gasteiger partial charge in [-0.15, -0.1) is 0 Å². The Kier molecular flexibility index (Phi) is 7.34. The van der Waals surface area contributed by atoms with E-state index in [2.05, 4.69) is 75.6 Å². The van der Waals surface area contributed by atoms with Gasteiger partial charge in [0.2, 0.25) is 0 Å². The van der Waals surface area contributed by atoms with E-state index in [-0.39, 0.29) is 6.04 Å². The highest BCUT2D eigenvalue weighted by atomic mass is 16.4. The van der Waals surface area contributed by atoms with Crippen molar-refractivity contribution < 1.29 is 9.90 Å². The van der Waals surface area contributed by atoms with Gasteiger partial charge in [-0.1, -0.05) is 67.8 Å². The van der Waals surface area contributed by atoms with Crippen molar-refractivity contribution in [1.29, 1.82) is 0 Å². The highest BCUT2D eigenvalue weighted by Gasteiger charge is 2.43. The number of rotatable bonds is 7. The van der Waals surface area contributed by atoms with E-state index in [4.69, 9.17) is 0 Å². The number of likely N-dealkylation sites (tertiary alicyclic amines) is 2. The maximum Gasteiger partial charge on any atom is 0.321 e. The number of carboxylic acid groups (broad SMARTS) is 1. The molecule has 0 spiro atoms. The fourth-order valence-corrected chi connectivity index (χ4v) is 7.69. The minimum absolute atomic E-state index is 0.299. The number of fused-ring (bicyclic) bond motifs is 1. The van der Waals surface area contributed by atoms with Crippen LogP contribution in [0.5, 0.6) is 0 Å². The van der Waals surface area contributed by atoms with Crippen LogP contribution in [0.15, 0.2) is 60.8 Å². The van der Waals surface area contributed by atoms with Crippen LogP contribution in [0.1, 0.15) is 67.9 Å². The van der Waals surface area contributed by atoms with Gasteiger partial charge in [0.15, 0.2) is 0 Å². The molecule has 3 fully saturated rings. The van der Waals surface area contributed by atoms with Gasteiger partial charge in [0.05, 0.1) is 0 Å². The molecule has 37 heavy (non-hydrogen) atoms. The molecule has 1 aliphatic carbocycles. The highest BCUT2D eigenvalue weighted by Crippen LogP contribution is 2.39. The lowest BCUT2D eigenvalue weighted by molar-refractivity contribution is -0.145. The Morgan fingerprint density at radius 2 is 1.65 bits per heavy atom. The first-order chi connectivity index (χ1) is 18.2. The Hall–Kier alpha value is -2.63. The molecule has 1 saturated carbocycles. The van der Waals surface area contributed by atoms with E-state index in [1.54, 1.807) is 0 Å². The van der Waals surface area contributed by atoms with Crippen molar-refractivity contribution in [2.45, 2.75) is 62.8 Å². The molecule has 5 nitrogen and oxygen atoms in total. The van der Waals surface area contributed by atoms with Crippen LogP contribution in [0, 0.1) is 11.8 Å². The van der Waals surface area contributed by atoms with Crippen molar-refractivity contribution in [2.75, 3.05) is 32.7 Å². The first-order valence-corrected chi connectivity index (χ1v) is 14.5. The maximum absolute atomic E-state index is 12.5. The number of H-pyrrole nitrogens is 1. The zero-order valence-corrected chi connectivity index (χ0v) is 21.9. The van der Waals surface area contributed by atoms with E-state index < -0.39 is 5.97 Å². The molecule has 3 aliphatic rings. The van der Waals surface area contributed by atoms with Crippen molar-refractivity contribution in [3.63, 3.8) is 0 Å². The van der Waals surface area contributed by atoms with Crippen molar-refractivity contribution in [2.24, 2.45) is 11.8 Å². The molecular weight excluding hydrogens is 458 g/mol. The van der Waals surface area contributed by atoms with Crippen LogP contribution in [0.2, 0.25) is 0 Å². The van der Waals surface area contributed by atoms with Gasteiger partial charge in [0, 0.05) is 42.7 Å². The third kappa shape index (κ3) is 5.21. The minimum Gasteiger partial charge on any atom is -0.480 e. The van der Waals surface area contributed by atoms with Crippen molar-refractivity contribution >= 4 is 16.9 Å². The van der Waals surface area contributed by atoms with E-state index in [0.29, 0.717) is 23.7 Å². The molecule has 2 saturated heterocycles. The maximum atomic E-state index is 12.5. The Balaban J connectivity index is 1.15. The number of aromatic nitrogens is 1. The lowest BCUT2D eigenvalue weighted by Crippen LogP contribution is -2.46. The van der Waals surface area contributed by atoms with Crippen LogP contribution < -0.4 is 0 Å². The standard InChI is InChI=1S/C32H41N3O2/c36-32(37)31(25-11-5-2-6-12-25)35-21-26(29(22-35)23-9-3-1-4-10-23)20-34-17-15-24(16-18-34)28-19-33-30-14-8-7-13-27(28)30/h1,3-4,7-10,13-14,19,24-26,29,31,33H,2,5-6,11-12,15-18,20-22H2,(H,36,37)/t26?,29-,31-/m1/s1. The topological polar surface area (TPSA) is 59.6 Å². The summed E-state index contributed by atoms with van der Waals surface area (Å²) >= 11 is 0. The molecule has 2 aromatic carbocycles. The number of para-hydroxylation sites is 1. The zero-order valence-electron chi connectivity index (χ0n) is 21.9. The number of nitrogens with zero attached hydrogens (tertiary/aromatic N) is 2. The SMILES string of the molecule is O=C(O)[C@@H](C1CCCCC1)N1CC(CN2CCC(c3c[nH]c4ccccc34)CC2)[C@@H](c2ccccc2)C1. The fraction of sp³-hybridized carbons (Fsp3) is 0.531. The summed E-state index contributed by atoms with van der Waals surface area (Å²) in [6.07, 6.45) is 10.3. The van der Waals surface area contributed by atoms with Crippen LogP contribution >= 0.6 is 0 Å². The second-order valence-electron chi connectivity index (χ2n) is 11.8. The molecule has 1 aromatic heterocycles. The summed E-state index contributed by atoms with van der Waals surface area (Å²) in [5.41, 5.74) is 4.08. The molecule has 3 aromatic rings. The number of nitrogens with one attached hydrogen (secondary N) is 1. The summed E-state index contributed by atoms with van der Waals surface area (Å²) in [7, 11) is 0. The monoisotopic (exact) mass is 499 g/mol. The van der Waals surface area contributed by atoms with Crippen LogP contribution in [0.3, 0.4) is 0 Å². The number of hydrogen-bond donors (Lipinski definition) is 2. The van der Waals surface area contributed by atoms with Crippen LogP contribution in [-0.2, 0) is 4.79 Å². The van der Waals surface area contributed by atoms with Gasteiger partial charge in [0.1, 0.15) is 6.04 Å². The third-order valence-electron chi connectivity index (χ3n) is 9.58. The largest absolute Gasteiger partial charge is 0.480 e. The predicted molar refractivity (Wildman–Crippen MR) is 149 cm³/mol. The smallest absolute Gasteiger partial charge is 0.321 e. The lowest BCUT2D eigenvalue weighted by Gasteiger charge is -2.35. The van der Waals surface area contributed by atoms with E-state index in [1.807, 2.05) is 0 Å². The molecule has 6 rings (SSSR count). The lowest BCUT2D eigenvalue weighted by atomic mass is 9.83. The van der Waals surface area contributed by atoms with Gasteiger partial charge >= 0.3 is 5.97 Å². The predicted octanol–water partition coefficient (Wildman–Crippen LogP) is 6.10. The van der Waals surface area contributed by atoms with Gasteiger partial charge in [-0.2, -0.15) is 0 Å². The molecule has 3 heterocycles. The van der Waals surface area contributed by atoms with Crippen molar-refractivity contribution in [3.05, 3.63) is 71.9 Å². The van der Waals surface area contributed by atoms with Gasteiger partial charge < -0.3 is 15.0 Å². The first-order valence-electron chi connectivity index (χ1n) is 14.5. The van der Waals surface area contributed by atoms with E-state index in [9.17, 15) is 9.90 Å². The second kappa shape index (κ2) is 11.0. The number of hydrogen-bond acceptors (Lipinski definition) is 3. The van der Waals surface area contributed by atoms with Crippen molar-refractivity contribution in [1.82, 2.24) is 14.8 Å². The molecule has 0 bridgehead atoms. The molecule has 5 heteroatoms. The average Bonchev–Trinajstić information content (AvgIpc) is 3.55. The van der Waals surface area contributed by atoms with Gasteiger partial charge in [-0.25, -0.2) is 0 Å². The first kappa shape index (κ1) is 24.7. The summed E-state index contributed by atoms with van der Waals surface area (Å²) < 4.78 is 0. The third-order valence-corrected chi connectivity index (χ3v) is 9.58. The normalized spacial score (nSPS) is 25.5. The van der Waals surface area contributed by atoms with Gasteiger partial charge in [0.25, 0.3) is 0 Å².